The molecule has 0 aliphatic heterocycles. The van der Waals surface area contributed by atoms with Crippen molar-refractivity contribution < 1.29 is 18.7 Å². The van der Waals surface area contributed by atoms with Gasteiger partial charge in [0.1, 0.15) is 28.6 Å². The summed E-state index contributed by atoms with van der Waals surface area (Å²) in [5.41, 5.74) is 6.20. The van der Waals surface area contributed by atoms with Crippen molar-refractivity contribution in [1.82, 2.24) is 15.8 Å². The summed E-state index contributed by atoms with van der Waals surface area (Å²) in [7, 11) is 0. The number of para-hydroxylation sites is 1. The van der Waals surface area contributed by atoms with E-state index in [2.05, 4.69) is 15.8 Å². The van der Waals surface area contributed by atoms with Gasteiger partial charge in [0.05, 0.1) is 0 Å². The van der Waals surface area contributed by atoms with E-state index in [1.165, 1.54) is 11.3 Å². The van der Waals surface area contributed by atoms with E-state index in [1.54, 1.807) is 42.6 Å². The molecule has 2 amide bonds. The van der Waals surface area contributed by atoms with Gasteiger partial charge in [0.25, 0.3) is 5.91 Å². The van der Waals surface area contributed by atoms with Gasteiger partial charge in [0.15, 0.2) is 5.76 Å². The minimum atomic E-state index is -0.543. The molecule has 9 heteroatoms. The zero-order valence-electron chi connectivity index (χ0n) is 15.8. The van der Waals surface area contributed by atoms with Crippen LogP contribution in [0.1, 0.15) is 31.6 Å². The molecule has 2 aromatic carbocycles. The van der Waals surface area contributed by atoms with Crippen LogP contribution in [0.25, 0.3) is 11.0 Å². The van der Waals surface area contributed by atoms with Crippen molar-refractivity contribution in [3.05, 3.63) is 81.0 Å². The summed E-state index contributed by atoms with van der Waals surface area (Å²) >= 11 is 7.12. The monoisotopic (exact) mass is 441 g/mol. The summed E-state index contributed by atoms with van der Waals surface area (Å²) in [4.78, 5) is 28.9. The molecule has 0 fully saturated rings. The first kappa shape index (κ1) is 19.9. The Morgan fingerprint density at radius 1 is 1.10 bits per heavy atom. The fourth-order valence-electron chi connectivity index (χ4n) is 2.78. The largest absolute Gasteiger partial charge is 0.486 e. The Balaban J connectivity index is 1.34. The molecule has 0 aliphatic rings. The van der Waals surface area contributed by atoms with Gasteiger partial charge in [-0.2, -0.15) is 0 Å². The number of hydrazine groups is 1. The number of carbonyl (C=O) groups excluding carboxylic acids is 2. The molecule has 2 heterocycles. The van der Waals surface area contributed by atoms with E-state index >= 15 is 0 Å². The average molecular weight is 442 g/mol. The minimum Gasteiger partial charge on any atom is -0.486 e. The number of nitrogens with zero attached hydrogens (tertiary/aromatic N) is 1. The first-order valence-corrected chi connectivity index (χ1v) is 10.2. The van der Waals surface area contributed by atoms with Crippen LogP contribution in [0.15, 0.2) is 58.3 Å². The van der Waals surface area contributed by atoms with Crippen LogP contribution in [0.2, 0.25) is 5.02 Å². The maximum Gasteiger partial charge on any atom is 0.305 e. The second kappa shape index (κ2) is 8.56. The molecule has 152 valence electrons. The first-order chi connectivity index (χ1) is 14.5. The highest BCUT2D eigenvalue weighted by Gasteiger charge is 2.19. The second-order valence-corrected chi connectivity index (χ2v) is 7.71. The van der Waals surface area contributed by atoms with Crippen LogP contribution in [-0.2, 0) is 6.61 Å². The van der Waals surface area contributed by atoms with Crippen LogP contribution in [-0.4, -0.2) is 16.8 Å². The Labute approximate surface area is 180 Å². The molecule has 0 saturated heterocycles. The Hall–Kier alpha value is -3.36. The lowest BCUT2D eigenvalue weighted by Gasteiger charge is -2.05. The van der Waals surface area contributed by atoms with Crippen molar-refractivity contribution in [2.75, 3.05) is 0 Å². The van der Waals surface area contributed by atoms with Gasteiger partial charge < -0.3 is 9.15 Å². The fraction of sp³-hybridized carbons (Fsp3) is 0.0952. The Bertz CT molecular complexity index is 1220. The number of rotatable bonds is 5. The number of hydrogen-bond acceptors (Lipinski definition) is 6. The summed E-state index contributed by atoms with van der Waals surface area (Å²) in [5, 5.41) is 3.68. The number of aromatic nitrogens is 1. The molecule has 2 N–H and O–H groups in total. The highest BCUT2D eigenvalue weighted by atomic mass is 35.5. The van der Waals surface area contributed by atoms with Crippen molar-refractivity contribution in [2.24, 2.45) is 0 Å². The lowest BCUT2D eigenvalue weighted by Crippen LogP contribution is -2.41. The van der Waals surface area contributed by atoms with Gasteiger partial charge in [0.2, 0.25) is 0 Å². The van der Waals surface area contributed by atoms with Gasteiger partial charge in [-0.1, -0.05) is 29.8 Å². The number of amides is 2. The van der Waals surface area contributed by atoms with E-state index < -0.39 is 11.8 Å². The number of benzene rings is 2. The predicted octanol–water partition coefficient (Wildman–Crippen LogP) is 4.50. The summed E-state index contributed by atoms with van der Waals surface area (Å²) in [6.07, 6.45) is 0. The number of nitrogens with one attached hydrogen (secondary N) is 2. The standard InChI is InChI=1S/C21H16ClN3O4S/c1-12-15-4-2-3-5-17(15)29-19(12)21(27)25-24-20(26)16-11-30-18(23-16)10-28-14-8-6-13(22)7-9-14/h2-9,11H,10H2,1H3,(H,24,26)(H,25,27). The van der Waals surface area contributed by atoms with Crippen LogP contribution >= 0.6 is 22.9 Å². The summed E-state index contributed by atoms with van der Waals surface area (Å²) in [6, 6.07) is 14.3. The number of carbonyl (C=O) groups is 2. The predicted molar refractivity (Wildman–Crippen MR) is 114 cm³/mol. The van der Waals surface area contributed by atoms with E-state index in [-0.39, 0.29) is 18.1 Å². The normalized spacial score (nSPS) is 10.7. The van der Waals surface area contributed by atoms with Gasteiger partial charge in [-0.15, -0.1) is 11.3 Å². The smallest absolute Gasteiger partial charge is 0.305 e. The third kappa shape index (κ3) is 4.29. The van der Waals surface area contributed by atoms with Gasteiger partial charge in [-0.25, -0.2) is 4.98 Å². The van der Waals surface area contributed by atoms with Crippen LogP contribution in [0.4, 0.5) is 0 Å². The molecule has 0 unspecified atom stereocenters. The van der Waals surface area contributed by atoms with E-state index in [0.717, 1.165) is 5.39 Å². The van der Waals surface area contributed by atoms with E-state index in [9.17, 15) is 9.59 Å². The number of thiazole rings is 1. The molecule has 0 spiro atoms. The zero-order chi connectivity index (χ0) is 21.1. The van der Waals surface area contributed by atoms with Gasteiger partial charge >= 0.3 is 5.91 Å². The highest BCUT2D eigenvalue weighted by molar-refractivity contribution is 7.09. The molecule has 0 atom stereocenters. The van der Waals surface area contributed by atoms with Crippen molar-refractivity contribution in [2.45, 2.75) is 13.5 Å². The fourth-order valence-corrected chi connectivity index (χ4v) is 3.59. The SMILES string of the molecule is Cc1c(C(=O)NNC(=O)c2csc(COc3ccc(Cl)cc3)n2)oc2ccccc12. The quantitative estimate of drug-likeness (QED) is 0.444. The third-order valence-electron chi connectivity index (χ3n) is 4.30. The van der Waals surface area contributed by atoms with Crippen LogP contribution < -0.4 is 15.6 Å². The molecule has 4 aromatic rings. The number of fused-ring (bicyclic) bond motifs is 1. The molecular formula is C21H16ClN3O4S. The summed E-state index contributed by atoms with van der Waals surface area (Å²) in [6.45, 7) is 2.00. The molecular weight excluding hydrogens is 426 g/mol. The Morgan fingerprint density at radius 3 is 2.60 bits per heavy atom. The molecule has 0 bridgehead atoms. The van der Waals surface area contributed by atoms with Crippen molar-refractivity contribution >= 4 is 45.7 Å². The molecule has 7 nitrogen and oxygen atoms in total. The maximum absolute atomic E-state index is 12.4. The molecule has 2 aromatic heterocycles. The van der Waals surface area contributed by atoms with Crippen LogP contribution in [0.5, 0.6) is 5.75 Å². The average Bonchev–Trinajstić information content (AvgIpc) is 3.37. The first-order valence-electron chi connectivity index (χ1n) is 8.93. The lowest BCUT2D eigenvalue weighted by molar-refractivity contribution is 0.0829. The topological polar surface area (TPSA) is 93.5 Å². The number of furan rings is 1. The third-order valence-corrected chi connectivity index (χ3v) is 5.37. The highest BCUT2D eigenvalue weighted by Crippen LogP contribution is 2.24. The molecule has 0 aliphatic carbocycles. The van der Waals surface area contributed by atoms with Crippen molar-refractivity contribution in [3.8, 4) is 5.75 Å². The maximum atomic E-state index is 12.4. The summed E-state index contributed by atoms with van der Waals surface area (Å²) in [5.74, 6) is -0.286. The van der Waals surface area contributed by atoms with Crippen molar-refractivity contribution in [1.29, 1.82) is 0 Å². The lowest BCUT2D eigenvalue weighted by atomic mass is 10.1. The molecule has 4 rings (SSSR count). The minimum absolute atomic E-state index is 0.145. The number of ether oxygens (including phenoxy) is 1. The Morgan fingerprint density at radius 2 is 1.83 bits per heavy atom. The zero-order valence-corrected chi connectivity index (χ0v) is 17.3. The van der Waals surface area contributed by atoms with E-state index in [0.29, 0.717) is 26.9 Å². The Kier molecular flexibility index (Phi) is 5.69. The number of halogens is 1. The van der Waals surface area contributed by atoms with Crippen LogP contribution in [0.3, 0.4) is 0 Å². The van der Waals surface area contributed by atoms with E-state index in [1.807, 2.05) is 18.2 Å². The number of hydrogen-bond donors (Lipinski definition) is 2. The molecule has 30 heavy (non-hydrogen) atoms. The number of aryl methyl sites for hydroxylation is 1. The van der Waals surface area contributed by atoms with Gasteiger partial charge in [-0.3, -0.25) is 20.4 Å². The second-order valence-electron chi connectivity index (χ2n) is 6.33. The molecule has 0 saturated carbocycles. The van der Waals surface area contributed by atoms with Crippen LogP contribution in [0, 0.1) is 6.92 Å². The van der Waals surface area contributed by atoms with Crippen molar-refractivity contribution in [3.63, 3.8) is 0 Å². The van der Waals surface area contributed by atoms with Gasteiger partial charge in [0, 0.05) is 21.4 Å². The van der Waals surface area contributed by atoms with Gasteiger partial charge in [-0.05, 0) is 37.3 Å². The molecule has 0 radical (unpaired) electrons. The summed E-state index contributed by atoms with van der Waals surface area (Å²) < 4.78 is 11.2. The van der Waals surface area contributed by atoms with E-state index in [4.69, 9.17) is 20.8 Å².